The second kappa shape index (κ2) is 6.90. The van der Waals surface area contributed by atoms with Crippen molar-refractivity contribution in [2.75, 3.05) is 25.4 Å². The van der Waals surface area contributed by atoms with Crippen LogP contribution >= 0.6 is 0 Å². The van der Waals surface area contributed by atoms with Crippen molar-refractivity contribution in [2.45, 2.75) is 45.5 Å². The van der Waals surface area contributed by atoms with Crippen molar-refractivity contribution in [3.05, 3.63) is 29.3 Å². The van der Waals surface area contributed by atoms with E-state index in [9.17, 15) is 4.21 Å². The van der Waals surface area contributed by atoms with Crippen molar-refractivity contribution in [3.8, 4) is 0 Å². The third-order valence-corrected chi connectivity index (χ3v) is 5.86. The molecule has 1 aliphatic heterocycles. The quantitative estimate of drug-likeness (QED) is 0.867. The smallest absolute Gasteiger partial charge is 0.0972 e. The molecule has 1 fully saturated rings. The summed E-state index contributed by atoms with van der Waals surface area (Å²) in [7, 11) is -0.867. The Kier molecular flexibility index (Phi) is 5.41. The Hall–Kier alpha value is -0.910. The van der Waals surface area contributed by atoms with Crippen molar-refractivity contribution in [1.29, 1.82) is 0 Å². The summed E-state index contributed by atoms with van der Waals surface area (Å²) in [6.07, 6.45) is 0. The predicted molar refractivity (Wildman–Crippen MR) is 90.3 cm³/mol. The Morgan fingerprint density at radius 2 is 2.10 bits per heavy atom. The van der Waals surface area contributed by atoms with Gasteiger partial charge in [-0.25, -0.2) is 8.51 Å². The van der Waals surface area contributed by atoms with Crippen LogP contribution in [-0.4, -0.2) is 44.3 Å². The van der Waals surface area contributed by atoms with Gasteiger partial charge in [0, 0.05) is 43.2 Å². The van der Waals surface area contributed by atoms with Crippen LogP contribution in [0.25, 0.3) is 0 Å². The number of anilines is 1. The van der Waals surface area contributed by atoms with Gasteiger partial charge in [0.1, 0.15) is 0 Å². The Bertz CT molecular complexity index is 518. The molecule has 0 spiro atoms. The maximum absolute atomic E-state index is 12.3. The van der Waals surface area contributed by atoms with E-state index in [1.54, 1.807) is 0 Å². The lowest BCUT2D eigenvalue weighted by molar-refractivity contribution is 0.141. The maximum atomic E-state index is 12.3. The first-order valence-electron chi connectivity index (χ1n) is 7.63. The molecule has 118 valence electrons. The summed E-state index contributed by atoms with van der Waals surface area (Å²) in [4.78, 5) is 2.44. The second-order valence-corrected chi connectivity index (χ2v) is 8.20. The van der Waals surface area contributed by atoms with Gasteiger partial charge in [0.25, 0.3) is 0 Å². The van der Waals surface area contributed by atoms with Crippen LogP contribution in [-0.2, 0) is 17.5 Å². The van der Waals surface area contributed by atoms with Crippen LogP contribution in [0.2, 0.25) is 0 Å². The Labute approximate surface area is 130 Å². The van der Waals surface area contributed by atoms with Gasteiger partial charge in [-0.15, -0.1) is 0 Å². The van der Waals surface area contributed by atoms with Gasteiger partial charge in [-0.05, 0) is 51.0 Å². The van der Waals surface area contributed by atoms with Gasteiger partial charge in [0.05, 0.1) is 11.0 Å². The number of nitrogen functional groups attached to an aromatic ring is 1. The van der Waals surface area contributed by atoms with Crippen LogP contribution in [0, 0.1) is 6.92 Å². The molecule has 0 bridgehead atoms. The Morgan fingerprint density at radius 3 is 2.67 bits per heavy atom. The van der Waals surface area contributed by atoms with Crippen molar-refractivity contribution >= 4 is 16.7 Å². The van der Waals surface area contributed by atoms with Crippen LogP contribution in [0.15, 0.2) is 18.2 Å². The average molecular weight is 309 g/mol. The van der Waals surface area contributed by atoms with E-state index in [0.29, 0.717) is 6.04 Å². The average Bonchev–Trinajstić information content (AvgIpc) is 2.41. The first-order chi connectivity index (χ1) is 9.88. The Balaban J connectivity index is 1.98. The first-order valence-corrected chi connectivity index (χ1v) is 8.80. The number of nitrogens with two attached hydrogens (primary N) is 1. The SMILES string of the molecule is Cc1cc(N)ccc1CN1CCN(S(=O)C(C)C)C(C)C1. The van der Waals surface area contributed by atoms with Gasteiger partial charge in [-0.3, -0.25) is 4.90 Å². The molecule has 2 rings (SSSR count). The van der Waals surface area contributed by atoms with Gasteiger partial charge in [0.15, 0.2) is 0 Å². The minimum absolute atomic E-state index is 0.193. The van der Waals surface area contributed by atoms with E-state index in [2.05, 4.69) is 29.1 Å². The predicted octanol–water partition coefficient (Wildman–Crippen LogP) is 2.16. The van der Waals surface area contributed by atoms with Crippen LogP contribution in [0.3, 0.4) is 0 Å². The van der Waals surface area contributed by atoms with Crippen LogP contribution in [0.1, 0.15) is 31.9 Å². The van der Waals surface area contributed by atoms with Gasteiger partial charge in [-0.1, -0.05) is 6.07 Å². The molecule has 0 aliphatic carbocycles. The number of hydrogen-bond donors (Lipinski definition) is 1. The van der Waals surface area contributed by atoms with E-state index >= 15 is 0 Å². The molecule has 4 nitrogen and oxygen atoms in total. The van der Waals surface area contributed by atoms with Crippen molar-refractivity contribution in [2.24, 2.45) is 0 Å². The molecule has 1 aliphatic rings. The maximum Gasteiger partial charge on any atom is 0.0972 e. The lowest BCUT2D eigenvalue weighted by Crippen LogP contribution is -2.53. The van der Waals surface area contributed by atoms with E-state index < -0.39 is 11.0 Å². The molecule has 2 unspecified atom stereocenters. The third-order valence-electron chi connectivity index (χ3n) is 4.05. The molecule has 2 atom stereocenters. The second-order valence-electron chi connectivity index (χ2n) is 6.24. The number of nitrogens with zero attached hydrogens (tertiary/aromatic N) is 2. The fourth-order valence-electron chi connectivity index (χ4n) is 2.84. The van der Waals surface area contributed by atoms with E-state index in [1.807, 2.05) is 26.0 Å². The highest BCUT2D eigenvalue weighted by Crippen LogP contribution is 2.19. The third kappa shape index (κ3) is 4.05. The molecule has 5 heteroatoms. The molecular formula is C16H27N3OS. The number of benzene rings is 1. The summed E-state index contributed by atoms with van der Waals surface area (Å²) in [5.41, 5.74) is 9.20. The molecule has 2 N–H and O–H groups in total. The van der Waals surface area contributed by atoms with Crippen LogP contribution < -0.4 is 5.73 Å². The highest BCUT2D eigenvalue weighted by Gasteiger charge is 2.28. The molecule has 0 radical (unpaired) electrons. The van der Waals surface area contributed by atoms with Crippen molar-refractivity contribution in [1.82, 2.24) is 9.21 Å². The molecule has 0 amide bonds. The molecule has 1 heterocycles. The topological polar surface area (TPSA) is 49.6 Å². The summed E-state index contributed by atoms with van der Waals surface area (Å²) < 4.78 is 14.4. The number of rotatable bonds is 4. The van der Waals surface area contributed by atoms with Gasteiger partial charge in [-0.2, -0.15) is 0 Å². The zero-order chi connectivity index (χ0) is 15.6. The molecule has 0 aromatic heterocycles. The summed E-state index contributed by atoms with van der Waals surface area (Å²) >= 11 is 0. The van der Waals surface area contributed by atoms with E-state index in [-0.39, 0.29) is 5.25 Å². The number of hydrogen-bond acceptors (Lipinski definition) is 3. The van der Waals surface area contributed by atoms with Crippen LogP contribution in [0.4, 0.5) is 5.69 Å². The molecule has 21 heavy (non-hydrogen) atoms. The number of piperazine rings is 1. The summed E-state index contributed by atoms with van der Waals surface area (Å²) in [5.74, 6) is 0. The molecular weight excluding hydrogens is 282 g/mol. The van der Waals surface area contributed by atoms with Gasteiger partial charge >= 0.3 is 0 Å². The summed E-state index contributed by atoms with van der Waals surface area (Å²) in [6.45, 7) is 12.1. The zero-order valence-electron chi connectivity index (χ0n) is 13.5. The minimum atomic E-state index is -0.867. The fourth-order valence-corrected chi connectivity index (χ4v) is 4.06. The molecule has 1 saturated heterocycles. The van der Waals surface area contributed by atoms with Crippen LogP contribution in [0.5, 0.6) is 0 Å². The van der Waals surface area contributed by atoms with Gasteiger partial charge in [0.2, 0.25) is 0 Å². The molecule has 1 aromatic rings. The lowest BCUT2D eigenvalue weighted by Gasteiger charge is -2.39. The first kappa shape index (κ1) is 16.5. The largest absolute Gasteiger partial charge is 0.399 e. The van der Waals surface area contributed by atoms with Crippen molar-refractivity contribution < 1.29 is 4.21 Å². The van der Waals surface area contributed by atoms with E-state index in [4.69, 9.17) is 5.73 Å². The minimum Gasteiger partial charge on any atom is -0.399 e. The molecule has 0 saturated carbocycles. The monoisotopic (exact) mass is 309 g/mol. The normalized spacial score (nSPS) is 22.6. The van der Waals surface area contributed by atoms with E-state index in [1.165, 1.54) is 11.1 Å². The Morgan fingerprint density at radius 1 is 1.38 bits per heavy atom. The van der Waals surface area contributed by atoms with Gasteiger partial charge < -0.3 is 5.73 Å². The lowest BCUT2D eigenvalue weighted by atomic mass is 10.1. The zero-order valence-corrected chi connectivity index (χ0v) is 14.3. The highest BCUT2D eigenvalue weighted by molar-refractivity contribution is 7.83. The van der Waals surface area contributed by atoms with E-state index in [0.717, 1.165) is 31.9 Å². The standard InChI is InChI=1S/C16H27N3OS/c1-12(2)21(20)19-8-7-18(10-14(19)4)11-15-5-6-16(17)9-13(15)3/h5-6,9,12,14H,7-8,10-11,17H2,1-4H3. The fraction of sp³-hybridized carbons (Fsp3) is 0.625. The summed E-state index contributed by atoms with van der Waals surface area (Å²) in [5, 5.41) is 0.193. The van der Waals surface area contributed by atoms with Crippen molar-refractivity contribution in [3.63, 3.8) is 0 Å². The molecule has 1 aromatic carbocycles. The summed E-state index contributed by atoms with van der Waals surface area (Å²) in [6, 6.07) is 6.45. The number of aryl methyl sites for hydroxylation is 1. The highest BCUT2D eigenvalue weighted by atomic mass is 32.2.